The number of hydrogen-bond donors (Lipinski definition) is 2. The molecular formula is C12H19NO. The van der Waals surface area contributed by atoms with Gasteiger partial charge in [-0.3, -0.25) is 0 Å². The molecule has 3 N–H and O–H groups in total. The lowest BCUT2D eigenvalue weighted by Gasteiger charge is -2.17. The zero-order valence-corrected chi connectivity index (χ0v) is 8.90. The summed E-state index contributed by atoms with van der Waals surface area (Å²) in [6.07, 6.45) is 1.07. The molecule has 1 unspecified atom stereocenters. The number of hydrogen-bond acceptors (Lipinski definition) is 2. The lowest BCUT2D eigenvalue weighted by molar-refractivity contribution is 0.469. The second-order valence-corrected chi connectivity index (χ2v) is 4.16. The van der Waals surface area contributed by atoms with Crippen LogP contribution in [0.15, 0.2) is 24.3 Å². The maximum Gasteiger partial charge on any atom is 0.115 e. The van der Waals surface area contributed by atoms with Gasteiger partial charge in [-0.05, 0) is 42.5 Å². The van der Waals surface area contributed by atoms with E-state index in [1.807, 2.05) is 12.1 Å². The van der Waals surface area contributed by atoms with Crippen LogP contribution in [0.4, 0.5) is 0 Å². The van der Waals surface area contributed by atoms with E-state index >= 15 is 0 Å². The van der Waals surface area contributed by atoms with Crippen LogP contribution in [0.3, 0.4) is 0 Å². The summed E-state index contributed by atoms with van der Waals surface area (Å²) < 4.78 is 0. The van der Waals surface area contributed by atoms with E-state index in [4.69, 9.17) is 5.73 Å². The van der Waals surface area contributed by atoms with Crippen molar-refractivity contribution in [3.63, 3.8) is 0 Å². The van der Waals surface area contributed by atoms with E-state index < -0.39 is 0 Å². The smallest absolute Gasteiger partial charge is 0.115 e. The van der Waals surface area contributed by atoms with Gasteiger partial charge in [0.05, 0.1) is 0 Å². The summed E-state index contributed by atoms with van der Waals surface area (Å²) >= 11 is 0. The molecule has 0 bridgehead atoms. The molecule has 2 nitrogen and oxygen atoms in total. The second kappa shape index (κ2) is 5.01. The highest BCUT2D eigenvalue weighted by atomic mass is 16.3. The topological polar surface area (TPSA) is 46.2 Å². The monoisotopic (exact) mass is 193 g/mol. The Morgan fingerprint density at radius 2 is 2.07 bits per heavy atom. The summed E-state index contributed by atoms with van der Waals surface area (Å²) in [7, 11) is 0. The van der Waals surface area contributed by atoms with Crippen LogP contribution in [0.5, 0.6) is 5.75 Å². The summed E-state index contributed by atoms with van der Waals surface area (Å²) in [6.45, 7) is 5.01. The quantitative estimate of drug-likeness (QED) is 0.771. The number of rotatable bonds is 4. The Morgan fingerprint density at radius 3 is 2.57 bits per heavy atom. The number of phenols is 1. The van der Waals surface area contributed by atoms with Crippen LogP contribution >= 0.6 is 0 Å². The summed E-state index contributed by atoms with van der Waals surface area (Å²) in [4.78, 5) is 0. The third-order valence-corrected chi connectivity index (χ3v) is 2.38. The SMILES string of the molecule is CC(C)CC(CN)c1cccc(O)c1. The van der Waals surface area contributed by atoms with E-state index in [1.165, 1.54) is 0 Å². The van der Waals surface area contributed by atoms with Crippen LogP contribution in [-0.4, -0.2) is 11.7 Å². The standard InChI is InChI=1S/C12H19NO/c1-9(2)6-11(8-13)10-4-3-5-12(14)7-10/h3-5,7,9,11,14H,6,8,13H2,1-2H3. The van der Waals surface area contributed by atoms with Gasteiger partial charge in [0.25, 0.3) is 0 Å². The minimum absolute atomic E-state index is 0.324. The molecule has 1 rings (SSSR count). The van der Waals surface area contributed by atoms with Crippen molar-refractivity contribution in [2.24, 2.45) is 11.7 Å². The fourth-order valence-electron chi connectivity index (χ4n) is 1.72. The Labute approximate surface area is 85.8 Å². The summed E-state index contributed by atoms with van der Waals surface area (Å²) in [5, 5.41) is 9.35. The predicted molar refractivity (Wildman–Crippen MR) is 59.4 cm³/mol. The summed E-state index contributed by atoms with van der Waals surface area (Å²) in [5.41, 5.74) is 6.86. The molecule has 0 heterocycles. The van der Waals surface area contributed by atoms with E-state index in [-0.39, 0.29) is 0 Å². The Bertz CT molecular complexity index is 283. The number of aromatic hydroxyl groups is 1. The van der Waals surface area contributed by atoms with Crippen LogP contribution in [0.2, 0.25) is 0 Å². The molecule has 0 aliphatic heterocycles. The van der Waals surface area contributed by atoms with E-state index in [1.54, 1.807) is 12.1 Å². The van der Waals surface area contributed by atoms with Crippen molar-refractivity contribution < 1.29 is 5.11 Å². The zero-order chi connectivity index (χ0) is 10.6. The van der Waals surface area contributed by atoms with Gasteiger partial charge in [-0.15, -0.1) is 0 Å². The van der Waals surface area contributed by atoms with Gasteiger partial charge >= 0.3 is 0 Å². The molecule has 0 saturated carbocycles. The molecule has 0 radical (unpaired) electrons. The maximum absolute atomic E-state index is 9.35. The third kappa shape index (κ3) is 3.04. The van der Waals surface area contributed by atoms with Gasteiger partial charge in [-0.2, -0.15) is 0 Å². The Balaban J connectivity index is 2.78. The fraction of sp³-hybridized carbons (Fsp3) is 0.500. The van der Waals surface area contributed by atoms with Gasteiger partial charge in [-0.1, -0.05) is 26.0 Å². The van der Waals surface area contributed by atoms with Gasteiger partial charge in [0, 0.05) is 0 Å². The number of nitrogens with two attached hydrogens (primary N) is 1. The van der Waals surface area contributed by atoms with Crippen LogP contribution in [-0.2, 0) is 0 Å². The largest absolute Gasteiger partial charge is 0.508 e. The Kier molecular flexibility index (Phi) is 3.96. The van der Waals surface area contributed by atoms with Gasteiger partial charge in [0.2, 0.25) is 0 Å². The molecule has 14 heavy (non-hydrogen) atoms. The van der Waals surface area contributed by atoms with Crippen LogP contribution in [0.1, 0.15) is 31.7 Å². The minimum atomic E-state index is 0.324. The molecule has 0 amide bonds. The molecule has 0 aliphatic carbocycles. The first-order valence-electron chi connectivity index (χ1n) is 5.12. The molecule has 0 spiro atoms. The van der Waals surface area contributed by atoms with E-state index in [0.717, 1.165) is 12.0 Å². The van der Waals surface area contributed by atoms with Gasteiger partial charge in [0.15, 0.2) is 0 Å². The van der Waals surface area contributed by atoms with E-state index in [2.05, 4.69) is 13.8 Å². The second-order valence-electron chi connectivity index (χ2n) is 4.16. The zero-order valence-electron chi connectivity index (χ0n) is 8.90. The molecule has 1 aromatic rings. The minimum Gasteiger partial charge on any atom is -0.508 e. The fourth-order valence-corrected chi connectivity index (χ4v) is 1.72. The highest BCUT2D eigenvalue weighted by molar-refractivity contribution is 5.29. The Morgan fingerprint density at radius 1 is 1.36 bits per heavy atom. The predicted octanol–water partition coefficient (Wildman–Crippen LogP) is 2.48. The van der Waals surface area contributed by atoms with Crippen LogP contribution < -0.4 is 5.73 Å². The van der Waals surface area contributed by atoms with Gasteiger partial charge in [0.1, 0.15) is 5.75 Å². The number of phenolic OH excluding ortho intramolecular Hbond substituents is 1. The van der Waals surface area contributed by atoms with Crippen molar-refractivity contribution in [2.75, 3.05) is 6.54 Å². The van der Waals surface area contributed by atoms with Crippen molar-refractivity contribution in [3.05, 3.63) is 29.8 Å². The van der Waals surface area contributed by atoms with Crippen LogP contribution in [0.25, 0.3) is 0 Å². The van der Waals surface area contributed by atoms with Crippen molar-refractivity contribution in [3.8, 4) is 5.75 Å². The highest BCUT2D eigenvalue weighted by Gasteiger charge is 2.11. The number of benzene rings is 1. The molecule has 0 saturated heterocycles. The van der Waals surface area contributed by atoms with Crippen molar-refractivity contribution in [2.45, 2.75) is 26.2 Å². The average molecular weight is 193 g/mol. The molecule has 0 fully saturated rings. The van der Waals surface area contributed by atoms with Crippen molar-refractivity contribution >= 4 is 0 Å². The van der Waals surface area contributed by atoms with Gasteiger partial charge < -0.3 is 10.8 Å². The highest BCUT2D eigenvalue weighted by Crippen LogP contribution is 2.25. The molecular weight excluding hydrogens is 174 g/mol. The summed E-state index contributed by atoms with van der Waals surface area (Å²) in [6, 6.07) is 7.39. The maximum atomic E-state index is 9.35. The molecule has 0 aromatic heterocycles. The van der Waals surface area contributed by atoms with E-state index in [0.29, 0.717) is 24.1 Å². The average Bonchev–Trinajstić information content (AvgIpc) is 2.14. The Hall–Kier alpha value is -1.02. The van der Waals surface area contributed by atoms with Crippen LogP contribution in [0, 0.1) is 5.92 Å². The lowest BCUT2D eigenvalue weighted by Crippen LogP contribution is -2.14. The molecule has 1 aromatic carbocycles. The van der Waals surface area contributed by atoms with Gasteiger partial charge in [-0.25, -0.2) is 0 Å². The first-order valence-corrected chi connectivity index (χ1v) is 5.12. The first-order chi connectivity index (χ1) is 6.63. The normalized spacial score (nSPS) is 13.1. The molecule has 78 valence electrons. The van der Waals surface area contributed by atoms with Crippen molar-refractivity contribution in [1.82, 2.24) is 0 Å². The summed E-state index contributed by atoms with van der Waals surface area (Å²) in [5.74, 6) is 1.32. The first kappa shape index (κ1) is 11.1. The van der Waals surface area contributed by atoms with Crippen molar-refractivity contribution in [1.29, 1.82) is 0 Å². The molecule has 0 aliphatic rings. The lowest BCUT2D eigenvalue weighted by atomic mass is 9.90. The molecule has 1 atom stereocenters. The molecule has 2 heteroatoms. The van der Waals surface area contributed by atoms with E-state index in [9.17, 15) is 5.11 Å². The third-order valence-electron chi connectivity index (χ3n) is 2.38.